The summed E-state index contributed by atoms with van der Waals surface area (Å²) in [5.41, 5.74) is 0. The molecule has 0 unspecified atom stereocenters. The van der Waals surface area contributed by atoms with Crippen LogP contribution in [0.2, 0.25) is 0 Å². The van der Waals surface area contributed by atoms with Crippen molar-refractivity contribution in [3.63, 3.8) is 0 Å². The summed E-state index contributed by atoms with van der Waals surface area (Å²) in [6.07, 6.45) is 23.1. The van der Waals surface area contributed by atoms with E-state index in [1.165, 1.54) is 96.3 Å². The summed E-state index contributed by atoms with van der Waals surface area (Å²) in [5.74, 6) is 0. The fourth-order valence-corrected chi connectivity index (χ4v) is 3.22. The van der Waals surface area contributed by atoms with Crippen LogP contribution in [0.5, 0.6) is 0 Å². The SMILES string of the molecule is CCCCCCCCCCCCCCCCCOC(=S)CCC. The van der Waals surface area contributed by atoms with Gasteiger partial charge in [0.15, 0.2) is 5.05 Å². The average molecular weight is 343 g/mol. The van der Waals surface area contributed by atoms with Gasteiger partial charge in [0.1, 0.15) is 0 Å². The van der Waals surface area contributed by atoms with Gasteiger partial charge < -0.3 is 4.74 Å². The Labute approximate surface area is 152 Å². The summed E-state index contributed by atoms with van der Waals surface area (Å²) >= 11 is 5.14. The first-order chi connectivity index (χ1) is 11.3. The lowest BCUT2D eigenvalue weighted by Crippen LogP contribution is -2.02. The molecule has 0 bridgehead atoms. The molecule has 1 nitrogen and oxygen atoms in total. The molecule has 0 spiro atoms. The van der Waals surface area contributed by atoms with Gasteiger partial charge in [0.25, 0.3) is 0 Å². The quantitative estimate of drug-likeness (QED) is 0.184. The van der Waals surface area contributed by atoms with E-state index in [2.05, 4.69) is 13.8 Å². The first kappa shape index (κ1) is 22.9. The summed E-state index contributed by atoms with van der Waals surface area (Å²) in [5, 5.41) is 0.804. The second-order valence-electron chi connectivity index (χ2n) is 6.92. The molecular weight excluding hydrogens is 300 g/mol. The Morgan fingerprint density at radius 2 is 0.957 bits per heavy atom. The molecule has 0 aromatic carbocycles. The number of hydrogen-bond acceptors (Lipinski definition) is 2. The number of ether oxygens (including phenoxy) is 1. The predicted octanol–water partition coefficient (Wildman–Crippen LogP) is 8.00. The van der Waals surface area contributed by atoms with Crippen molar-refractivity contribution in [2.24, 2.45) is 0 Å². The van der Waals surface area contributed by atoms with E-state index in [-0.39, 0.29) is 0 Å². The standard InChI is InChI=1S/C21H42OS/c1-3-5-6-7-8-9-10-11-12-13-14-15-16-17-18-20-22-21(23)19-4-2/h3-20H2,1-2H3. The van der Waals surface area contributed by atoms with Gasteiger partial charge in [-0.25, -0.2) is 0 Å². The Morgan fingerprint density at radius 1 is 0.565 bits per heavy atom. The Bertz CT molecular complexity index is 240. The van der Waals surface area contributed by atoms with Gasteiger partial charge in [-0.05, 0) is 25.1 Å². The van der Waals surface area contributed by atoms with Crippen LogP contribution in [0.15, 0.2) is 0 Å². The molecule has 0 aromatic rings. The number of thiocarbonyl (C=S) groups is 1. The fraction of sp³-hybridized carbons (Fsp3) is 0.952. The van der Waals surface area contributed by atoms with Crippen LogP contribution in [0, 0.1) is 0 Å². The zero-order valence-electron chi connectivity index (χ0n) is 16.0. The minimum absolute atomic E-state index is 0.804. The minimum Gasteiger partial charge on any atom is -0.487 e. The van der Waals surface area contributed by atoms with E-state index >= 15 is 0 Å². The third kappa shape index (κ3) is 19.8. The van der Waals surface area contributed by atoms with Crippen molar-refractivity contribution in [3.05, 3.63) is 0 Å². The molecule has 0 atom stereocenters. The van der Waals surface area contributed by atoms with Crippen molar-refractivity contribution in [2.45, 2.75) is 123 Å². The molecule has 2 heteroatoms. The van der Waals surface area contributed by atoms with E-state index in [4.69, 9.17) is 17.0 Å². The average Bonchev–Trinajstić information content (AvgIpc) is 2.54. The molecule has 0 aliphatic heterocycles. The van der Waals surface area contributed by atoms with E-state index in [1.54, 1.807) is 0 Å². The highest BCUT2D eigenvalue weighted by atomic mass is 32.1. The van der Waals surface area contributed by atoms with E-state index in [9.17, 15) is 0 Å². The summed E-state index contributed by atoms with van der Waals surface area (Å²) in [7, 11) is 0. The summed E-state index contributed by atoms with van der Waals surface area (Å²) < 4.78 is 5.53. The molecule has 0 rings (SSSR count). The van der Waals surface area contributed by atoms with Gasteiger partial charge in [-0.1, -0.05) is 104 Å². The van der Waals surface area contributed by atoms with Crippen molar-refractivity contribution >= 4 is 17.3 Å². The van der Waals surface area contributed by atoms with Crippen molar-refractivity contribution in [3.8, 4) is 0 Å². The van der Waals surface area contributed by atoms with E-state index in [0.717, 1.165) is 24.5 Å². The van der Waals surface area contributed by atoms with Crippen LogP contribution in [0.25, 0.3) is 0 Å². The van der Waals surface area contributed by atoms with Crippen molar-refractivity contribution in [1.82, 2.24) is 0 Å². The van der Waals surface area contributed by atoms with Crippen molar-refractivity contribution in [1.29, 1.82) is 0 Å². The first-order valence-corrected chi connectivity index (χ1v) is 10.9. The molecule has 0 saturated carbocycles. The smallest absolute Gasteiger partial charge is 0.159 e. The fourth-order valence-electron chi connectivity index (χ4n) is 2.94. The normalized spacial score (nSPS) is 10.9. The highest BCUT2D eigenvalue weighted by Crippen LogP contribution is 2.13. The van der Waals surface area contributed by atoms with Crippen LogP contribution in [-0.2, 0) is 4.74 Å². The maximum absolute atomic E-state index is 5.53. The Balaban J connectivity index is 3.01. The lowest BCUT2D eigenvalue weighted by molar-refractivity contribution is 0.291. The zero-order chi connectivity index (χ0) is 17.0. The molecule has 0 aromatic heterocycles. The molecular formula is C21H42OS. The molecule has 0 N–H and O–H groups in total. The maximum atomic E-state index is 5.53. The second-order valence-corrected chi connectivity index (χ2v) is 7.38. The minimum atomic E-state index is 0.804. The van der Waals surface area contributed by atoms with E-state index in [1.807, 2.05) is 0 Å². The molecule has 0 aliphatic rings. The predicted molar refractivity (Wildman–Crippen MR) is 108 cm³/mol. The largest absolute Gasteiger partial charge is 0.487 e. The van der Waals surface area contributed by atoms with Gasteiger partial charge in [0, 0.05) is 6.42 Å². The monoisotopic (exact) mass is 342 g/mol. The van der Waals surface area contributed by atoms with E-state index < -0.39 is 0 Å². The van der Waals surface area contributed by atoms with Gasteiger partial charge in [0.2, 0.25) is 0 Å². The number of rotatable bonds is 18. The van der Waals surface area contributed by atoms with Crippen molar-refractivity contribution in [2.75, 3.05) is 6.61 Å². The highest BCUT2D eigenvalue weighted by molar-refractivity contribution is 7.80. The molecule has 0 fully saturated rings. The summed E-state index contributed by atoms with van der Waals surface area (Å²) in [6, 6.07) is 0. The Kier molecular flexibility index (Phi) is 19.8. The third-order valence-electron chi connectivity index (χ3n) is 4.47. The second kappa shape index (κ2) is 19.9. The Morgan fingerprint density at radius 3 is 1.35 bits per heavy atom. The van der Waals surface area contributed by atoms with Crippen LogP contribution in [-0.4, -0.2) is 11.7 Å². The molecule has 0 amide bonds. The first-order valence-electron chi connectivity index (χ1n) is 10.5. The molecule has 0 heterocycles. The molecule has 0 radical (unpaired) electrons. The van der Waals surface area contributed by atoms with Crippen molar-refractivity contribution < 1.29 is 4.74 Å². The third-order valence-corrected chi connectivity index (χ3v) is 4.79. The summed E-state index contributed by atoms with van der Waals surface area (Å²) in [4.78, 5) is 0. The van der Waals surface area contributed by atoms with Gasteiger partial charge >= 0.3 is 0 Å². The topological polar surface area (TPSA) is 9.23 Å². The summed E-state index contributed by atoms with van der Waals surface area (Å²) in [6.45, 7) is 5.26. The van der Waals surface area contributed by atoms with Gasteiger partial charge in [-0.15, -0.1) is 0 Å². The van der Waals surface area contributed by atoms with Crippen LogP contribution >= 0.6 is 12.2 Å². The van der Waals surface area contributed by atoms with Crippen LogP contribution < -0.4 is 0 Å². The van der Waals surface area contributed by atoms with Crippen LogP contribution in [0.1, 0.15) is 123 Å². The number of unbranched alkanes of at least 4 members (excludes halogenated alkanes) is 14. The number of hydrogen-bond donors (Lipinski definition) is 0. The van der Waals surface area contributed by atoms with Crippen LogP contribution in [0.4, 0.5) is 0 Å². The molecule has 138 valence electrons. The lowest BCUT2D eigenvalue weighted by atomic mass is 10.0. The highest BCUT2D eigenvalue weighted by Gasteiger charge is 1.97. The zero-order valence-corrected chi connectivity index (χ0v) is 16.9. The lowest BCUT2D eigenvalue weighted by Gasteiger charge is -2.06. The van der Waals surface area contributed by atoms with Gasteiger partial charge in [0.05, 0.1) is 6.61 Å². The maximum Gasteiger partial charge on any atom is 0.159 e. The van der Waals surface area contributed by atoms with Crippen LogP contribution in [0.3, 0.4) is 0 Å². The molecule has 0 saturated heterocycles. The van der Waals surface area contributed by atoms with Gasteiger partial charge in [-0.2, -0.15) is 0 Å². The molecule has 23 heavy (non-hydrogen) atoms. The van der Waals surface area contributed by atoms with E-state index in [0.29, 0.717) is 0 Å². The molecule has 0 aliphatic carbocycles. The Hall–Kier alpha value is -0.110. The van der Waals surface area contributed by atoms with Gasteiger partial charge in [-0.3, -0.25) is 0 Å².